The van der Waals surface area contributed by atoms with E-state index in [4.69, 9.17) is 9.62 Å². The molecule has 1 saturated heterocycles. The van der Waals surface area contributed by atoms with Crippen LogP contribution in [0.2, 0.25) is 0 Å². The highest BCUT2D eigenvalue weighted by Gasteiger charge is 2.24. The highest BCUT2D eigenvalue weighted by Crippen LogP contribution is 2.25. The number of nitrogens with one attached hydrogen (secondary N) is 1. The monoisotopic (exact) mass is 210 g/mol. The number of nitrogens with zero attached hydrogens (tertiary/aromatic N) is 1. The van der Waals surface area contributed by atoms with E-state index >= 15 is 0 Å². The Hall–Kier alpha value is -1.69. The fourth-order valence-corrected chi connectivity index (χ4v) is 1.69. The molecule has 0 aromatic carbocycles. The van der Waals surface area contributed by atoms with Crippen molar-refractivity contribution >= 4 is 28.9 Å². The van der Waals surface area contributed by atoms with Crippen LogP contribution in [0.3, 0.4) is 0 Å². The predicted octanol–water partition coefficient (Wildman–Crippen LogP) is 1.23. The second-order valence-electron chi connectivity index (χ2n) is 2.49. The summed E-state index contributed by atoms with van der Waals surface area (Å²) in [5.41, 5.74) is 0. The number of carbonyl (C=O) groups excluding carboxylic acids is 1. The van der Waals surface area contributed by atoms with Crippen LogP contribution in [0, 0.1) is 0 Å². The molecule has 1 aliphatic heterocycles. The molecule has 1 fully saturated rings. The van der Waals surface area contributed by atoms with Crippen molar-refractivity contribution in [1.29, 1.82) is 0 Å². The lowest BCUT2D eigenvalue weighted by Gasteiger charge is -1.87. The highest BCUT2D eigenvalue weighted by molar-refractivity contribution is 8.18. The van der Waals surface area contributed by atoms with Gasteiger partial charge in [0, 0.05) is 6.08 Å². The average molecular weight is 210 g/mol. The molecule has 1 aliphatic rings. The topological polar surface area (TPSA) is 74.8 Å². The molecular weight excluding hydrogens is 204 g/mol. The summed E-state index contributed by atoms with van der Waals surface area (Å²) in [7, 11) is 0. The first-order valence-electron chi connectivity index (χ1n) is 3.76. The zero-order chi connectivity index (χ0) is 9.97. The standard InChI is InChI=1S/C8H6N2O3S/c11-7-6(14-8(9-7)10-12)4-5-2-1-3-13-5/h1-4,12H,(H,9,10,11). The Bertz CT molecular complexity index is 408. The first kappa shape index (κ1) is 8.89. The third kappa shape index (κ3) is 1.64. The maximum Gasteiger partial charge on any atom is 0.264 e. The van der Waals surface area contributed by atoms with Crippen molar-refractivity contribution in [2.24, 2.45) is 5.16 Å². The van der Waals surface area contributed by atoms with Crippen LogP contribution < -0.4 is 5.32 Å². The average Bonchev–Trinajstić information content (AvgIpc) is 2.78. The lowest BCUT2D eigenvalue weighted by Crippen LogP contribution is -2.19. The van der Waals surface area contributed by atoms with Gasteiger partial charge in [-0.15, -0.1) is 0 Å². The fraction of sp³-hybridized carbons (Fsp3) is 0. The molecule has 0 spiro atoms. The fourth-order valence-electron chi connectivity index (χ4n) is 0.978. The van der Waals surface area contributed by atoms with Gasteiger partial charge in [0.2, 0.25) is 5.17 Å². The van der Waals surface area contributed by atoms with Gasteiger partial charge in [0.1, 0.15) is 5.76 Å². The zero-order valence-electron chi connectivity index (χ0n) is 6.93. The highest BCUT2D eigenvalue weighted by atomic mass is 32.2. The molecule has 0 atom stereocenters. The van der Waals surface area contributed by atoms with Crippen LogP contribution in [0.15, 0.2) is 32.9 Å². The molecule has 5 nitrogen and oxygen atoms in total. The number of hydrogen-bond acceptors (Lipinski definition) is 5. The minimum Gasteiger partial charge on any atom is -0.465 e. The normalized spacial score (nSPS) is 21.9. The number of furan rings is 1. The maximum absolute atomic E-state index is 11.2. The second kappa shape index (κ2) is 3.59. The number of hydrogen-bond donors (Lipinski definition) is 2. The van der Waals surface area contributed by atoms with Gasteiger partial charge in [-0.3, -0.25) is 10.1 Å². The van der Waals surface area contributed by atoms with Crippen molar-refractivity contribution < 1.29 is 14.4 Å². The van der Waals surface area contributed by atoms with Crippen molar-refractivity contribution in [3.8, 4) is 0 Å². The summed E-state index contributed by atoms with van der Waals surface area (Å²) >= 11 is 1.06. The third-order valence-corrected chi connectivity index (χ3v) is 2.46. The van der Waals surface area contributed by atoms with E-state index in [9.17, 15) is 4.79 Å². The molecule has 2 N–H and O–H groups in total. The summed E-state index contributed by atoms with van der Waals surface area (Å²) in [6, 6.07) is 3.46. The molecule has 0 aliphatic carbocycles. The van der Waals surface area contributed by atoms with Gasteiger partial charge in [-0.25, -0.2) is 0 Å². The zero-order valence-corrected chi connectivity index (χ0v) is 7.75. The van der Waals surface area contributed by atoms with E-state index in [0.29, 0.717) is 10.7 Å². The molecule has 0 radical (unpaired) electrons. The van der Waals surface area contributed by atoms with Gasteiger partial charge in [0.05, 0.1) is 11.2 Å². The minimum atomic E-state index is -0.292. The van der Waals surface area contributed by atoms with Crippen molar-refractivity contribution in [3.05, 3.63) is 29.1 Å². The van der Waals surface area contributed by atoms with Gasteiger partial charge in [0.15, 0.2) is 0 Å². The van der Waals surface area contributed by atoms with Crippen LogP contribution in [0.1, 0.15) is 5.76 Å². The van der Waals surface area contributed by atoms with E-state index in [2.05, 4.69) is 10.5 Å². The molecule has 72 valence electrons. The van der Waals surface area contributed by atoms with Crippen molar-refractivity contribution in [2.75, 3.05) is 0 Å². The Balaban J connectivity index is 2.24. The summed E-state index contributed by atoms with van der Waals surface area (Å²) in [5.74, 6) is 0.293. The predicted molar refractivity (Wildman–Crippen MR) is 51.6 cm³/mol. The number of carbonyl (C=O) groups is 1. The van der Waals surface area contributed by atoms with Gasteiger partial charge >= 0.3 is 0 Å². The Labute approximate surface area is 83.5 Å². The van der Waals surface area contributed by atoms with Crippen molar-refractivity contribution in [3.63, 3.8) is 0 Å². The van der Waals surface area contributed by atoms with Gasteiger partial charge in [-0.1, -0.05) is 5.16 Å². The molecule has 0 saturated carbocycles. The van der Waals surface area contributed by atoms with Crippen LogP contribution in [-0.4, -0.2) is 16.3 Å². The summed E-state index contributed by atoms with van der Waals surface area (Å²) in [5, 5.41) is 13.9. The molecule has 1 aromatic rings. The first-order chi connectivity index (χ1) is 6.79. The van der Waals surface area contributed by atoms with E-state index < -0.39 is 0 Å². The van der Waals surface area contributed by atoms with Gasteiger partial charge in [-0.2, -0.15) is 0 Å². The summed E-state index contributed by atoms with van der Waals surface area (Å²) in [6.07, 6.45) is 3.10. The summed E-state index contributed by atoms with van der Waals surface area (Å²) < 4.78 is 5.04. The lowest BCUT2D eigenvalue weighted by molar-refractivity contribution is -0.115. The molecule has 6 heteroatoms. The SMILES string of the molecule is O=C1NC(=NO)SC1=Cc1ccco1. The van der Waals surface area contributed by atoms with Crippen LogP contribution >= 0.6 is 11.8 Å². The number of rotatable bonds is 1. The van der Waals surface area contributed by atoms with E-state index in [1.54, 1.807) is 18.2 Å². The molecule has 1 aromatic heterocycles. The van der Waals surface area contributed by atoms with Crippen LogP contribution in [0.25, 0.3) is 6.08 Å². The molecule has 2 rings (SSSR count). The molecule has 14 heavy (non-hydrogen) atoms. The van der Waals surface area contributed by atoms with Crippen molar-refractivity contribution in [2.45, 2.75) is 0 Å². The number of oxime groups is 1. The number of thioether (sulfide) groups is 1. The molecule has 1 amide bonds. The third-order valence-electron chi connectivity index (χ3n) is 1.56. The Morgan fingerprint density at radius 2 is 2.50 bits per heavy atom. The minimum absolute atomic E-state index is 0.174. The maximum atomic E-state index is 11.2. The van der Waals surface area contributed by atoms with Gasteiger partial charge in [-0.05, 0) is 23.9 Å². The largest absolute Gasteiger partial charge is 0.465 e. The number of amidine groups is 1. The first-order valence-corrected chi connectivity index (χ1v) is 4.57. The Morgan fingerprint density at radius 3 is 3.07 bits per heavy atom. The molecule has 0 bridgehead atoms. The van der Waals surface area contributed by atoms with E-state index in [0.717, 1.165) is 11.8 Å². The quantitative estimate of drug-likeness (QED) is 0.415. The summed E-state index contributed by atoms with van der Waals surface area (Å²) in [4.78, 5) is 11.7. The molecule has 0 unspecified atom stereocenters. The van der Waals surface area contributed by atoms with E-state index in [-0.39, 0.29) is 11.1 Å². The number of amides is 1. The summed E-state index contributed by atoms with van der Waals surface area (Å²) in [6.45, 7) is 0. The lowest BCUT2D eigenvalue weighted by atomic mass is 10.4. The molecular formula is C8H6N2O3S. The van der Waals surface area contributed by atoms with Crippen molar-refractivity contribution in [1.82, 2.24) is 5.32 Å². The van der Waals surface area contributed by atoms with E-state index in [1.165, 1.54) is 6.26 Å². The molecule has 2 heterocycles. The Morgan fingerprint density at radius 1 is 1.64 bits per heavy atom. The van der Waals surface area contributed by atoms with Gasteiger partial charge < -0.3 is 9.62 Å². The second-order valence-corrected chi connectivity index (χ2v) is 3.52. The van der Waals surface area contributed by atoms with Gasteiger partial charge in [0.25, 0.3) is 5.91 Å². The Kier molecular flexibility index (Phi) is 2.28. The van der Waals surface area contributed by atoms with E-state index in [1.807, 2.05) is 0 Å². The van der Waals surface area contributed by atoms with Crippen LogP contribution in [-0.2, 0) is 4.79 Å². The smallest absolute Gasteiger partial charge is 0.264 e. The van der Waals surface area contributed by atoms with Crippen LogP contribution in [0.4, 0.5) is 0 Å². The van der Waals surface area contributed by atoms with Crippen LogP contribution in [0.5, 0.6) is 0 Å².